The van der Waals surface area contributed by atoms with Crippen molar-refractivity contribution < 1.29 is 19.4 Å². The summed E-state index contributed by atoms with van der Waals surface area (Å²) in [5.74, 6) is 0.0190. The van der Waals surface area contributed by atoms with Crippen LogP contribution in [0.25, 0.3) is 0 Å². The molecule has 0 radical (unpaired) electrons. The van der Waals surface area contributed by atoms with E-state index in [-0.39, 0.29) is 0 Å². The first-order chi connectivity index (χ1) is 7.95. The normalized spacial score (nSPS) is 13.9. The Kier molecular flexibility index (Phi) is 4.96. The van der Waals surface area contributed by atoms with Crippen molar-refractivity contribution in [2.24, 2.45) is 0 Å². The van der Waals surface area contributed by atoms with Crippen molar-refractivity contribution in [3.63, 3.8) is 0 Å². The van der Waals surface area contributed by atoms with Gasteiger partial charge in [-0.1, -0.05) is 15.9 Å². The minimum atomic E-state index is -0.710. The number of rotatable bonds is 4. The van der Waals surface area contributed by atoms with Crippen LogP contribution in [0.3, 0.4) is 0 Å². The van der Waals surface area contributed by atoms with E-state index in [0.717, 1.165) is 4.47 Å². The Labute approximate surface area is 109 Å². The molecule has 94 valence electrons. The monoisotopic (exact) mass is 302 g/mol. The van der Waals surface area contributed by atoms with Crippen LogP contribution < -0.4 is 4.74 Å². The summed E-state index contributed by atoms with van der Waals surface area (Å²) in [7, 11) is 1.30. The second-order valence-corrected chi connectivity index (χ2v) is 4.56. The molecule has 4 nitrogen and oxygen atoms in total. The van der Waals surface area contributed by atoms with Crippen LogP contribution >= 0.6 is 15.9 Å². The number of ether oxygens (including phenoxy) is 2. The van der Waals surface area contributed by atoms with Gasteiger partial charge in [0.15, 0.2) is 6.10 Å². The summed E-state index contributed by atoms with van der Waals surface area (Å²) >= 11 is 3.32. The van der Waals surface area contributed by atoms with E-state index in [4.69, 9.17) is 4.74 Å². The minimum absolute atomic E-state index is 0.454. The highest BCUT2D eigenvalue weighted by Crippen LogP contribution is 2.29. The number of esters is 1. The van der Waals surface area contributed by atoms with E-state index in [1.54, 1.807) is 32.0 Å². The Balaban J connectivity index is 2.94. The Hall–Kier alpha value is -1.07. The molecule has 0 bridgehead atoms. The number of carbonyl (C=O) groups excluding carboxylic acids is 1. The van der Waals surface area contributed by atoms with Crippen molar-refractivity contribution in [1.29, 1.82) is 0 Å². The Bertz CT molecular complexity index is 403. The topological polar surface area (TPSA) is 55.8 Å². The first-order valence-electron chi connectivity index (χ1n) is 5.17. The van der Waals surface area contributed by atoms with Gasteiger partial charge in [-0.15, -0.1) is 0 Å². The van der Waals surface area contributed by atoms with Gasteiger partial charge in [0, 0.05) is 10.0 Å². The lowest BCUT2D eigenvalue weighted by atomic mass is 10.1. The molecule has 2 atom stereocenters. The number of halogens is 1. The van der Waals surface area contributed by atoms with Gasteiger partial charge in [0.25, 0.3) is 0 Å². The molecule has 1 N–H and O–H groups in total. The molecular weight excluding hydrogens is 288 g/mol. The zero-order chi connectivity index (χ0) is 13.0. The van der Waals surface area contributed by atoms with Gasteiger partial charge in [-0.2, -0.15) is 0 Å². The third-order valence-electron chi connectivity index (χ3n) is 2.26. The standard InChI is InChI=1S/C12H15BrO4/c1-7(14)10-6-9(13)4-5-11(10)17-8(2)12(15)16-3/h4-8,14H,1-3H3/t7-,8?/m1/s1. The smallest absolute Gasteiger partial charge is 0.346 e. The maximum Gasteiger partial charge on any atom is 0.346 e. The fourth-order valence-corrected chi connectivity index (χ4v) is 1.74. The summed E-state index contributed by atoms with van der Waals surface area (Å²) in [5.41, 5.74) is 0.620. The van der Waals surface area contributed by atoms with Crippen molar-refractivity contribution in [2.75, 3.05) is 7.11 Å². The fraction of sp³-hybridized carbons (Fsp3) is 0.417. The second-order valence-electron chi connectivity index (χ2n) is 3.64. The van der Waals surface area contributed by atoms with Gasteiger partial charge >= 0.3 is 5.97 Å². The van der Waals surface area contributed by atoms with Crippen LogP contribution in [0.1, 0.15) is 25.5 Å². The van der Waals surface area contributed by atoms with Gasteiger partial charge in [-0.3, -0.25) is 0 Å². The van der Waals surface area contributed by atoms with Crippen LogP contribution in [0.5, 0.6) is 5.75 Å². The molecule has 1 aromatic rings. The van der Waals surface area contributed by atoms with Crippen LogP contribution in [-0.2, 0) is 9.53 Å². The molecule has 0 heterocycles. The number of aliphatic hydroxyl groups is 1. The molecule has 0 spiro atoms. The van der Waals surface area contributed by atoms with E-state index < -0.39 is 18.2 Å². The molecule has 0 saturated heterocycles. The number of aliphatic hydroxyl groups excluding tert-OH is 1. The first kappa shape index (κ1) is 14.0. The summed E-state index contributed by atoms with van der Waals surface area (Å²) < 4.78 is 10.9. The highest BCUT2D eigenvalue weighted by molar-refractivity contribution is 9.10. The number of methoxy groups -OCH3 is 1. The predicted molar refractivity (Wildman–Crippen MR) is 66.9 cm³/mol. The molecule has 0 fully saturated rings. The molecule has 1 unspecified atom stereocenters. The average Bonchev–Trinajstić information content (AvgIpc) is 2.29. The van der Waals surface area contributed by atoms with Gasteiger partial charge in [0.05, 0.1) is 13.2 Å². The summed E-state index contributed by atoms with van der Waals surface area (Å²) in [6, 6.07) is 5.24. The first-order valence-corrected chi connectivity index (χ1v) is 5.97. The van der Waals surface area contributed by atoms with Crippen molar-refractivity contribution >= 4 is 21.9 Å². The third kappa shape index (κ3) is 3.71. The van der Waals surface area contributed by atoms with Crippen LogP contribution in [0.4, 0.5) is 0 Å². The van der Waals surface area contributed by atoms with E-state index >= 15 is 0 Å². The van der Waals surface area contributed by atoms with E-state index in [0.29, 0.717) is 11.3 Å². The van der Waals surface area contributed by atoms with E-state index in [1.807, 2.05) is 0 Å². The van der Waals surface area contributed by atoms with Crippen molar-refractivity contribution in [1.82, 2.24) is 0 Å². The SMILES string of the molecule is COC(=O)C(C)Oc1ccc(Br)cc1[C@@H](C)O. The Morgan fingerprint density at radius 2 is 2.06 bits per heavy atom. The number of carbonyl (C=O) groups is 1. The highest BCUT2D eigenvalue weighted by Gasteiger charge is 2.18. The average molecular weight is 303 g/mol. The van der Waals surface area contributed by atoms with Gasteiger partial charge in [-0.05, 0) is 32.0 Å². The van der Waals surface area contributed by atoms with Crippen LogP contribution in [0.2, 0.25) is 0 Å². The highest BCUT2D eigenvalue weighted by atomic mass is 79.9. The Morgan fingerprint density at radius 3 is 2.59 bits per heavy atom. The maximum atomic E-state index is 11.2. The lowest BCUT2D eigenvalue weighted by molar-refractivity contribution is -0.147. The lowest BCUT2D eigenvalue weighted by Gasteiger charge is -2.17. The molecule has 0 aliphatic heterocycles. The lowest BCUT2D eigenvalue weighted by Crippen LogP contribution is -2.25. The fourth-order valence-electron chi connectivity index (χ4n) is 1.36. The van der Waals surface area contributed by atoms with Crippen molar-refractivity contribution in [2.45, 2.75) is 26.1 Å². The zero-order valence-corrected chi connectivity index (χ0v) is 11.5. The molecule has 0 aromatic heterocycles. The molecule has 0 amide bonds. The zero-order valence-electron chi connectivity index (χ0n) is 9.94. The van der Waals surface area contributed by atoms with Gasteiger partial charge in [0.2, 0.25) is 0 Å². The number of benzene rings is 1. The van der Waals surface area contributed by atoms with Gasteiger partial charge < -0.3 is 14.6 Å². The van der Waals surface area contributed by atoms with Crippen LogP contribution in [0.15, 0.2) is 22.7 Å². The van der Waals surface area contributed by atoms with Crippen LogP contribution in [0, 0.1) is 0 Å². The predicted octanol–water partition coefficient (Wildman–Crippen LogP) is 2.44. The molecule has 0 aliphatic carbocycles. The summed E-state index contributed by atoms with van der Waals surface area (Å²) in [6.45, 7) is 3.23. The molecular formula is C12H15BrO4. The van der Waals surface area contributed by atoms with Crippen molar-refractivity contribution in [3.8, 4) is 5.75 Å². The van der Waals surface area contributed by atoms with Gasteiger partial charge in [0.1, 0.15) is 5.75 Å². The summed E-state index contributed by atoms with van der Waals surface area (Å²) in [5, 5.41) is 9.62. The Morgan fingerprint density at radius 1 is 1.41 bits per heavy atom. The molecule has 0 saturated carbocycles. The van der Waals surface area contributed by atoms with E-state index in [1.165, 1.54) is 7.11 Å². The molecule has 17 heavy (non-hydrogen) atoms. The van der Waals surface area contributed by atoms with E-state index in [2.05, 4.69) is 20.7 Å². The molecule has 5 heteroatoms. The van der Waals surface area contributed by atoms with E-state index in [9.17, 15) is 9.90 Å². The molecule has 1 aromatic carbocycles. The molecule has 0 aliphatic rings. The van der Waals surface area contributed by atoms with Crippen LogP contribution in [-0.4, -0.2) is 24.3 Å². The quantitative estimate of drug-likeness (QED) is 0.868. The number of hydrogen-bond donors (Lipinski definition) is 1. The van der Waals surface area contributed by atoms with Gasteiger partial charge in [-0.25, -0.2) is 4.79 Å². The minimum Gasteiger partial charge on any atom is -0.479 e. The molecule has 1 rings (SSSR count). The summed E-state index contributed by atoms with van der Waals surface area (Å²) in [6.07, 6.45) is -1.38. The largest absolute Gasteiger partial charge is 0.479 e. The maximum absolute atomic E-state index is 11.2. The summed E-state index contributed by atoms with van der Waals surface area (Å²) in [4.78, 5) is 11.2. The number of hydrogen-bond acceptors (Lipinski definition) is 4. The van der Waals surface area contributed by atoms with Crippen molar-refractivity contribution in [3.05, 3.63) is 28.2 Å². The second kappa shape index (κ2) is 6.02. The third-order valence-corrected chi connectivity index (χ3v) is 2.75.